The van der Waals surface area contributed by atoms with Gasteiger partial charge < -0.3 is 10.2 Å². The van der Waals surface area contributed by atoms with Crippen molar-refractivity contribution < 1.29 is 9.31 Å². The van der Waals surface area contributed by atoms with Gasteiger partial charge in [0.15, 0.2) is 0 Å². The summed E-state index contributed by atoms with van der Waals surface area (Å²) in [5, 5.41) is 16.2. The van der Waals surface area contributed by atoms with Gasteiger partial charge in [-0.15, -0.1) is 0 Å². The Morgan fingerprint density at radius 3 is 2.58 bits per heavy atom. The highest BCUT2D eigenvalue weighted by molar-refractivity contribution is 6.31. The molecular weight excluding hydrogens is 365 g/mol. The number of likely N-dealkylation sites (N-methyl/N-ethyl adjacent to an activating group) is 1. The van der Waals surface area contributed by atoms with E-state index in [0.717, 1.165) is 13.1 Å². The molecule has 26 heavy (non-hydrogen) atoms. The maximum absolute atomic E-state index is 13.3. The molecule has 2 heterocycles. The van der Waals surface area contributed by atoms with E-state index in [1.54, 1.807) is 0 Å². The zero-order chi connectivity index (χ0) is 18.7. The normalized spacial score (nSPS) is 15.7. The van der Waals surface area contributed by atoms with E-state index in [0.29, 0.717) is 18.8 Å². The smallest absolute Gasteiger partial charge is 0.334 e. The van der Waals surface area contributed by atoms with Crippen molar-refractivity contribution in [2.24, 2.45) is 0 Å². The van der Waals surface area contributed by atoms with Crippen molar-refractivity contribution in [3.8, 4) is 0 Å². The number of rotatable bonds is 5. The molecule has 0 atom stereocenters. The Morgan fingerprint density at radius 2 is 1.92 bits per heavy atom. The summed E-state index contributed by atoms with van der Waals surface area (Å²) in [4.78, 5) is 21.1. The third-order valence-electron chi connectivity index (χ3n) is 3.95. The summed E-state index contributed by atoms with van der Waals surface area (Å²) in [5.74, 6) is -0.499. The zero-order valence-corrected chi connectivity index (χ0v) is 14.7. The highest BCUT2D eigenvalue weighted by atomic mass is 35.5. The molecule has 3 rings (SSSR count). The summed E-state index contributed by atoms with van der Waals surface area (Å²) in [6.45, 7) is 3.08. The Hall–Kier alpha value is -2.56. The van der Waals surface area contributed by atoms with Gasteiger partial charge in [-0.1, -0.05) is 11.6 Å². The highest BCUT2D eigenvalue weighted by Gasteiger charge is 2.25. The van der Waals surface area contributed by atoms with E-state index >= 15 is 0 Å². The molecule has 1 fully saturated rings. The molecule has 11 heteroatoms. The minimum atomic E-state index is -0.577. The molecular formula is C15H17ClFN7O2. The molecule has 0 saturated carbocycles. The summed E-state index contributed by atoms with van der Waals surface area (Å²) < 4.78 is 13.3. The van der Waals surface area contributed by atoms with Gasteiger partial charge in [0.1, 0.15) is 12.1 Å². The summed E-state index contributed by atoms with van der Waals surface area (Å²) in [6.07, 6.45) is 1.22. The quantitative estimate of drug-likeness (QED) is 0.602. The minimum Gasteiger partial charge on any atom is -0.334 e. The lowest BCUT2D eigenvalue weighted by atomic mass is 10.3. The van der Waals surface area contributed by atoms with Crippen molar-refractivity contribution in [2.75, 3.05) is 44.0 Å². The van der Waals surface area contributed by atoms with Gasteiger partial charge in [-0.2, -0.15) is 0 Å². The highest BCUT2D eigenvalue weighted by Crippen LogP contribution is 2.32. The first-order chi connectivity index (χ1) is 12.4. The van der Waals surface area contributed by atoms with Crippen LogP contribution >= 0.6 is 11.6 Å². The molecule has 9 nitrogen and oxygen atoms in total. The average Bonchev–Trinajstić information content (AvgIpc) is 2.60. The Bertz CT molecular complexity index is 815. The Morgan fingerprint density at radius 1 is 1.23 bits per heavy atom. The number of hydrogen-bond acceptors (Lipinski definition) is 8. The van der Waals surface area contributed by atoms with Gasteiger partial charge in [-0.25, -0.2) is 19.4 Å². The number of piperazine rings is 1. The number of aromatic nitrogens is 2. The van der Waals surface area contributed by atoms with Gasteiger partial charge in [-0.3, -0.25) is 15.5 Å². The van der Waals surface area contributed by atoms with Crippen LogP contribution in [0.3, 0.4) is 0 Å². The van der Waals surface area contributed by atoms with E-state index in [1.165, 1.54) is 24.5 Å². The van der Waals surface area contributed by atoms with Crippen LogP contribution in [0.2, 0.25) is 5.02 Å². The molecule has 0 bridgehead atoms. The van der Waals surface area contributed by atoms with Crippen molar-refractivity contribution in [2.45, 2.75) is 0 Å². The molecule has 1 aliphatic heterocycles. The predicted molar refractivity (Wildman–Crippen MR) is 96.1 cm³/mol. The Kier molecular flexibility index (Phi) is 5.45. The second-order valence-corrected chi connectivity index (χ2v) is 6.24. The number of nitrogens with zero attached hydrogens (tertiary/aromatic N) is 5. The monoisotopic (exact) mass is 381 g/mol. The lowest BCUT2D eigenvalue weighted by molar-refractivity contribution is -0.383. The Balaban J connectivity index is 1.86. The molecule has 138 valence electrons. The summed E-state index contributed by atoms with van der Waals surface area (Å²) in [7, 11) is 2.01. The zero-order valence-electron chi connectivity index (χ0n) is 13.9. The molecule has 0 amide bonds. The molecule has 1 aliphatic rings. The minimum absolute atomic E-state index is 0.00991. The molecule has 0 aliphatic carbocycles. The van der Waals surface area contributed by atoms with Crippen LogP contribution in [-0.4, -0.2) is 58.0 Å². The summed E-state index contributed by atoms with van der Waals surface area (Å²) in [6, 6.07) is 3.91. The van der Waals surface area contributed by atoms with Gasteiger partial charge in [0.25, 0.3) is 0 Å². The topological polar surface area (TPSA) is 99.5 Å². The lowest BCUT2D eigenvalue weighted by Crippen LogP contribution is -2.47. The van der Waals surface area contributed by atoms with E-state index in [2.05, 4.69) is 25.6 Å². The number of hydrogen-bond donors (Lipinski definition) is 2. The second-order valence-electron chi connectivity index (χ2n) is 5.83. The first-order valence-electron chi connectivity index (χ1n) is 7.85. The first kappa shape index (κ1) is 18.2. The molecule has 0 unspecified atom stereocenters. The molecule has 1 aromatic carbocycles. The predicted octanol–water partition coefficient (Wildman–Crippen LogP) is 2.50. The number of anilines is 3. The van der Waals surface area contributed by atoms with Crippen LogP contribution in [0.4, 0.5) is 27.4 Å². The molecule has 1 saturated heterocycles. The van der Waals surface area contributed by atoms with Gasteiger partial charge in [0.2, 0.25) is 11.6 Å². The van der Waals surface area contributed by atoms with Crippen LogP contribution in [0.5, 0.6) is 0 Å². The van der Waals surface area contributed by atoms with Crippen LogP contribution in [-0.2, 0) is 0 Å². The summed E-state index contributed by atoms with van der Waals surface area (Å²) >= 11 is 5.75. The second kappa shape index (κ2) is 7.77. The fourth-order valence-electron chi connectivity index (χ4n) is 2.50. The number of halogens is 2. The maximum atomic E-state index is 13.3. The average molecular weight is 382 g/mol. The molecule has 2 aromatic rings. The maximum Gasteiger partial charge on any atom is 0.354 e. The van der Waals surface area contributed by atoms with Crippen molar-refractivity contribution >= 4 is 34.6 Å². The number of benzene rings is 1. The number of hydrazine groups is 1. The van der Waals surface area contributed by atoms with Gasteiger partial charge in [-0.05, 0) is 25.2 Å². The van der Waals surface area contributed by atoms with Crippen molar-refractivity contribution in [3.63, 3.8) is 0 Å². The SMILES string of the molecule is CN1CCN(Nc2ncnc(Nc3ccc(F)c(Cl)c3)c2[N+](=O)[O-])CC1. The third kappa shape index (κ3) is 4.15. The van der Waals surface area contributed by atoms with Crippen molar-refractivity contribution in [1.29, 1.82) is 0 Å². The first-order valence-corrected chi connectivity index (χ1v) is 8.23. The molecule has 0 spiro atoms. The van der Waals surface area contributed by atoms with E-state index < -0.39 is 10.7 Å². The van der Waals surface area contributed by atoms with E-state index in [4.69, 9.17) is 11.6 Å². The van der Waals surface area contributed by atoms with Crippen LogP contribution in [0.25, 0.3) is 0 Å². The van der Waals surface area contributed by atoms with Crippen LogP contribution in [0.15, 0.2) is 24.5 Å². The van der Waals surface area contributed by atoms with Gasteiger partial charge in [0.05, 0.1) is 9.95 Å². The summed E-state index contributed by atoms with van der Waals surface area (Å²) in [5.41, 5.74) is 3.07. The van der Waals surface area contributed by atoms with Crippen LogP contribution < -0.4 is 10.7 Å². The van der Waals surface area contributed by atoms with Gasteiger partial charge >= 0.3 is 5.69 Å². The van der Waals surface area contributed by atoms with E-state index in [-0.39, 0.29) is 22.3 Å². The largest absolute Gasteiger partial charge is 0.354 e. The van der Waals surface area contributed by atoms with Crippen LogP contribution in [0, 0.1) is 15.9 Å². The van der Waals surface area contributed by atoms with Crippen molar-refractivity contribution in [1.82, 2.24) is 19.9 Å². The molecule has 1 aromatic heterocycles. The fraction of sp³-hybridized carbons (Fsp3) is 0.333. The Labute approximate surface area is 153 Å². The molecule has 2 N–H and O–H groups in total. The number of nitro groups is 1. The van der Waals surface area contributed by atoms with E-state index in [1.807, 2.05) is 12.1 Å². The lowest BCUT2D eigenvalue weighted by Gasteiger charge is -2.32. The molecule has 0 radical (unpaired) electrons. The standard InChI is InChI=1S/C15H17ClFN7O2/c1-22-4-6-23(7-5-22)21-15-13(24(25)26)14(18-9-19-15)20-10-2-3-12(17)11(16)8-10/h2-3,8-9H,4-7H2,1H3,(H2,18,19,20,21). The van der Waals surface area contributed by atoms with Crippen LogP contribution in [0.1, 0.15) is 0 Å². The third-order valence-corrected chi connectivity index (χ3v) is 4.24. The van der Waals surface area contributed by atoms with Gasteiger partial charge in [0, 0.05) is 31.9 Å². The van der Waals surface area contributed by atoms with E-state index in [9.17, 15) is 14.5 Å². The van der Waals surface area contributed by atoms with Crippen molar-refractivity contribution in [3.05, 3.63) is 45.5 Å². The fourth-order valence-corrected chi connectivity index (χ4v) is 2.68. The number of nitrogens with one attached hydrogen (secondary N) is 2.